The van der Waals surface area contributed by atoms with E-state index in [0.29, 0.717) is 0 Å². The molecule has 6 nitrogen and oxygen atoms in total. The summed E-state index contributed by atoms with van der Waals surface area (Å²) in [6, 6.07) is 7.71. The van der Waals surface area contributed by atoms with E-state index in [9.17, 15) is 19.3 Å². The Morgan fingerprint density at radius 3 is 2.70 bits per heavy atom. The van der Waals surface area contributed by atoms with Gasteiger partial charge in [0.1, 0.15) is 12.4 Å². The van der Waals surface area contributed by atoms with Gasteiger partial charge in [0.05, 0.1) is 22.6 Å². The van der Waals surface area contributed by atoms with Crippen molar-refractivity contribution in [3.8, 4) is 5.75 Å². The van der Waals surface area contributed by atoms with Crippen LogP contribution in [0.3, 0.4) is 0 Å². The van der Waals surface area contributed by atoms with Gasteiger partial charge in [-0.05, 0) is 24.3 Å². The van der Waals surface area contributed by atoms with Crippen LogP contribution in [0.25, 0.3) is 0 Å². The van der Waals surface area contributed by atoms with Gasteiger partial charge < -0.3 is 9.47 Å². The maximum atomic E-state index is 13.6. The summed E-state index contributed by atoms with van der Waals surface area (Å²) in [5.41, 5.74) is -0.388. The van der Waals surface area contributed by atoms with Gasteiger partial charge in [0.25, 0.3) is 0 Å². The van der Waals surface area contributed by atoms with Crippen molar-refractivity contribution in [3.63, 3.8) is 0 Å². The second kappa shape index (κ2) is 7.06. The molecule has 0 aliphatic carbocycles. The standard InChI is InChI=1S/C15H11ClFNO5/c1-22-14-6-5-9(7-13(14)18(20)21)15(19)23-8-10-11(16)3-2-4-12(10)17/h2-7H,8H2,1H3. The number of nitro groups is 1. The zero-order valence-electron chi connectivity index (χ0n) is 11.9. The number of benzene rings is 2. The van der Waals surface area contributed by atoms with Crippen LogP contribution in [0.4, 0.5) is 10.1 Å². The summed E-state index contributed by atoms with van der Waals surface area (Å²) in [6.07, 6.45) is 0. The number of nitro benzene ring substituents is 1. The third kappa shape index (κ3) is 3.75. The van der Waals surface area contributed by atoms with Crippen molar-refractivity contribution >= 4 is 23.3 Å². The lowest BCUT2D eigenvalue weighted by Crippen LogP contribution is -2.07. The highest BCUT2D eigenvalue weighted by Gasteiger charge is 2.19. The van der Waals surface area contributed by atoms with E-state index in [1.54, 1.807) is 0 Å². The topological polar surface area (TPSA) is 78.7 Å². The summed E-state index contributed by atoms with van der Waals surface area (Å²) in [5.74, 6) is -1.43. The molecular formula is C15H11ClFNO5. The molecule has 0 aliphatic heterocycles. The highest BCUT2D eigenvalue weighted by atomic mass is 35.5. The van der Waals surface area contributed by atoms with Gasteiger partial charge in [-0.3, -0.25) is 10.1 Å². The minimum atomic E-state index is -0.838. The fraction of sp³-hybridized carbons (Fsp3) is 0.133. The molecular weight excluding hydrogens is 329 g/mol. The maximum absolute atomic E-state index is 13.6. The van der Waals surface area contributed by atoms with Crippen LogP contribution < -0.4 is 4.74 Å². The first-order valence-corrected chi connectivity index (χ1v) is 6.74. The number of ether oxygens (including phenoxy) is 2. The average molecular weight is 340 g/mol. The number of carbonyl (C=O) groups excluding carboxylic acids is 1. The van der Waals surface area contributed by atoms with Crippen molar-refractivity contribution in [3.05, 3.63) is 68.5 Å². The lowest BCUT2D eigenvalue weighted by Gasteiger charge is -2.08. The number of methoxy groups -OCH3 is 1. The fourth-order valence-corrected chi connectivity index (χ4v) is 2.07. The molecule has 23 heavy (non-hydrogen) atoms. The van der Waals surface area contributed by atoms with Crippen LogP contribution in [0.2, 0.25) is 5.02 Å². The molecule has 0 spiro atoms. The van der Waals surface area contributed by atoms with Gasteiger partial charge in [-0.15, -0.1) is 0 Å². The van der Waals surface area contributed by atoms with Gasteiger partial charge in [-0.1, -0.05) is 17.7 Å². The lowest BCUT2D eigenvalue weighted by molar-refractivity contribution is -0.385. The summed E-state index contributed by atoms with van der Waals surface area (Å²) < 4.78 is 23.4. The second-order valence-corrected chi connectivity index (χ2v) is 4.83. The third-order valence-corrected chi connectivity index (χ3v) is 3.37. The molecule has 0 saturated carbocycles. The zero-order chi connectivity index (χ0) is 17.0. The number of rotatable bonds is 5. The number of hydrogen-bond acceptors (Lipinski definition) is 5. The summed E-state index contributed by atoms with van der Waals surface area (Å²) in [6.45, 7) is -0.385. The van der Waals surface area contributed by atoms with Gasteiger partial charge in [-0.2, -0.15) is 0 Å². The molecule has 0 saturated heterocycles. The van der Waals surface area contributed by atoms with Crippen LogP contribution in [0.1, 0.15) is 15.9 Å². The molecule has 0 N–H and O–H groups in total. The van der Waals surface area contributed by atoms with Crippen LogP contribution in [0, 0.1) is 15.9 Å². The van der Waals surface area contributed by atoms with Gasteiger partial charge in [-0.25, -0.2) is 9.18 Å². The number of hydrogen-bond donors (Lipinski definition) is 0. The van der Waals surface area contributed by atoms with E-state index in [1.807, 2.05) is 0 Å². The summed E-state index contributed by atoms with van der Waals surface area (Å²) in [4.78, 5) is 22.2. The molecule has 0 atom stereocenters. The number of carbonyl (C=O) groups is 1. The van der Waals surface area contributed by atoms with E-state index in [4.69, 9.17) is 21.1 Å². The normalized spacial score (nSPS) is 10.2. The molecule has 0 unspecified atom stereocenters. The Bertz CT molecular complexity index is 745. The Morgan fingerprint density at radius 1 is 1.35 bits per heavy atom. The van der Waals surface area contributed by atoms with Gasteiger partial charge in [0, 0.05) is 11.6 Å². The molecule has 0 aromatic heterocycles. The Labute approximate surface area is 135 Å². The van der Waals surface area contributed by atoms with E-state index in [1.165, 1.54) is 37.4 Å². The van der Waals surface area contributed by atoms with Crippen LogP contribution in [-0.2, 0) is 11.3 Å². The largest absolute Gasteiger partial charge is 0.490 e. The van der Waals surface area contributed by atoms with Gasteiger partial charge in [0.2, 0.25) is 0 Å². The third-order valence-electron chi connectivity index (χ3n) is 3.02. The first-order valence-electron chi connectivity index (χ1n) is 6.36. The minimum absolute atomic E-state index is 0.0173. The molecule has 2 aromatic rings. The van der Waals surface area contributed by atoms with Gasteiger partial charge >= 0.3 is 11.7 Å². The van der Waals surface area contributed by atoms with Crippen LogP contribution in [-0.4, -0.2) is 18.0 Å². The number of halogens is 2. The molecule has 0 heterocycles. The minimum Gasteiger partial charge on any atom is -0.490 e. The van der Waals surface area contributed by atoms with Crippen molar-refractivity contribution in [1.82, 2.24) is 0 Å². The molecule has 2 aromatic carbocycles. The molecule has 8 heteroatoms. The van der Waals surface area contributed by atoms with Crippen molar-refractivity contribution in [2.45, 2.75) is 6.61 Å². The van der Waals surface area contributed by atoms with E-state index < -0.39 is 16.7 Å². The van der Waals surface area contributed by atoms with Crippen molar-refractivity contribution in [2.24, 2.45) is 0 Å². The van der Waals surface area contributed by atoms with Crippen molar-refractivity contribution in [1.29, 1.82) is 0 Å². The summed E-state index contributed by atoms with van der Waals surface area (Å²) in [5, 5.41) is 11.1. The molecule has 0 bridgehead atoms. The smallest absolute Gasteiger partial charge is 0.338 e. The first kappa shape index (κ1) is 16.7. The zero-order valence-corrected chi connectivity index (χ0v) is 12.7. The molecule has 120 valence electrons. The van der Waals surface area contributed by atoms with Gasteiger partial charge in [0.15, 0.2) is 5.75 Å². The molecule has 2 rings (SSSR count). The number of esters is 1. The Kier molecular flexibility index (Phi) is 5.13. The van der Waals surface area contributed by atoms with E-state index in [2.05, 4.69) is 0 Å². The fourth-order valence-electron chi connectivity index (χ4n) is 1.85. The van der Waals surface area contributed by atoms with Crippen LogP contribution in [0.5, 0.6) is 5.75 Å². The maximum Gasteiger partial charge on any atom is 0.338 e. The summed E-state index contributed by atoms with van der Waals surface area (Å²) in [7, 11) is 1.28. The van der Waals surface area contributed by atoms with Crippen LogP contribution >= 0.6 is 11.6 Å². The predicted molar refractivity (Wildman–Crippen MR) is 80.2 cm³/mol. The first-order chi connectivity index (χ1) is 10.9. The predicted octanol–water partition coefficient (Wildman–Crippen LogP) is 3.75. The molecule has 0 radical (unpaired) electrons. The van der Waals surface area contributed by atoms with E-state index in [-0.39, 0.29) is 34.2 Å². The highest BCUT2D eigenvalue weighted by molar-refractivity contribution is 6.31. The lowest BCUT2D eigenvalue weighted by atomic mass is 10.2. The Balaban J connectivity index is 2.18. The monoisotopic (exact) mass is 339 g/mol. The molecule has 0 amide bonds. The van der Waals surface area contributed by atoms with Crippen molar-refractivity contribution in [2.75, 3.05) is 7.11 Å². The number of nitrogens with zero attached hydrogens (tertiary/aromatic N) is 1. The highest BCUT2D eigenvalue weighted by Crippen LogP contribution is 2.28. The molecule has 0 fully saturated rings. The molecule has 0 aliphatic rings. The van der Waals surface area contributed by atoms with E-state index >= 15 is 0 Å². The Morgan fingerprint density at radius 2 is 2.09 bits per heavy atom. The van der Waals surface area contributed by atoms with Crippen LogP contribution in [0.15, 0.2) is 36.4 Å². The Hall–Kier alpha value is -2.67. The quantitative estimate of drug-likeness (QED) is 0.471. The summed E-state index contributed by atoms with van der Waals surface area (Å²) >= 11 is 5.83. The van der Waals surface area contributed by atoms with E-state index in [0.717, 1.165) is 6.07 Å². The second-order valence-electron chi connectivity index (χ2n) is 4.42. The SMILES string of the molecule is COc1ccc(C(=O)OCc2c(F)cccc2Cl)cc1[N+](=O)[O-]. The van der Waals surface area contributed by atoms with Crippen molar-refractivity contribution < 1.29 is 23.6 Å². The average Bonchev–Trinajstić information content (AvgIpc) is 2.53.